The van der Waals surface area contributed by atoms with Crippen molar-refractivity contribution in [3.05, 3.63) is 24.2 Å². The van der Waals surface area contributed by atoms with Gasteiger partial charge in [-0.25, -0.2) is 9.97 Å². The van der Waals surface area contributed by atoms with E-state index in [4.69, 9.17) is 4.98 Å². The van der Waals surface area contributed by atoms with Gasteiger partial charge in [-0.1, -0.05) is 0 Å². The Kier molecular flexibility index (Phi) is 4.35. The highest BCUT2D eigenvalue weighted by atomic mass is 32.2. The van der Waals surface area contributed by atoms with Crippen LogP contribution in [0.4, 0.5) is 0 Å². The van der Waals surface area contributed by atoms with Gasteiger partial charge in [-0.2, -0.15) is 11.8 Å². The molecule has 1 unspecified atom stereocenters. The Bertz CT molecular complexity index is 627. The Morgan fingerprint density at radius 1 is 1.27 bits per heavy atom. The molecule has 0 bridgehead atoms. The van der Waals surface area contributed by atoms with Gasteiger partial charge in [0.05, 0.1) is 0 Å². The summed E-state index contributed by atoms with van der Waals surface area (Å²) < 4.78 is 2.48. The zero-order valence-electron chi connectivity index (χ0n) is 13.0. The Hall–Kier alpha value is -1.07. The van der Waals surface area contributed by atoms with Gasteiger partial charge < -0.3 is 9.88 Å². The molecule has 5 heteroatoms. The quantitative estimate of drug-likeness (QED) is 0.945. The maximum absolute atomic E-state index is 4.95. The lowest BCUT2D eigenvalue weighted by molar-refractivity contribution is 0.358. The summed E-state index contributed by atoms with van der Waals surface area (Å²) in [7, 11) is 0. The molecule has 2 aliphatic rings. The molecule has 118 valence electrons. The van der Waals surface area contributed by atoms with E-state index in [-0.39, 0.29) is 0 Å². The summed E-state index contributed by atoms with van der Waals surface area (Å²) >= 11 is 2.08. The first kappa shape index (κ1) is 14.5. The summed E-state index contributed by atoms with van der Waals surface area (Å²) in [6.07, 6.45) is 8.12. The van der Waals surface area contributed by atoms with Crippen LogP contribution in [0.25, 0.3) is 11.2 Å². The highest BCUT2D eigenvalue weighted by molar-refractivity contribution is 7.99. The molecule has 4 heterocycles. The third-order valence-corrected chi connectivity index (χ3v) is 6.00. The van der Waals surface area contributed by atoms with Crippen molar-refractivity contribution in [2.45, 2.75) is 38.1 Å². The number of thioether (sulfide) groups is 1. The minimum Gasteiger partial charge on any atom is -0.316 e. The van der Waals surface area contributed by atoms with E-state index < -0.39 is 0 Å². The summed E-state index contributed by atoms with van der Waals surface area (Å²) in [4.78, 5) is 9.60. The van der Waals surface area contributed by atoms with E-state index in [1.54, 1.807) is 0 Å². The van der Waals surface area contributed by atoms with Crippen LogP contribution in [0.15, 0.2) is 18.3 Å². The topological polar surface area (TPSA) is 42.7 Å². The molecule has 2 aliphatic heterocycles. The lowest BCUT2D eigenvalue weighted by Gasteiger charge is -2.27. The molecule has 0 aromatic carbocycles. The molecule has 0 radical (unpaired) electrons. The van der Waals surface area contributed by atoms with Crippen LogP contribution in [-0.4, -0.2) is 39.1 Å². The molecule has 0 aliphatic carbocycles. The average molecular weight is 316 g/mol. The monoisotopic (exact) mass is 316 g/mol. The number of nitrogens with zero attached hydrogens (tertiary/aromatic N) is 3. The Labute approximate surface area is 136 Å². The summed E-state index contributed by atoms with van der Waals surface area (Å²) in [6.45, 7) is 2.31. The van der Waals surface area contributed by atoms with Crippen molar-refractivity contribution in [3.8, 4) is 0 Å². The van der Waals surface area contributed by atoms with E-state index in [9.17, 15) is 0 Å². The van der Waals surface area contributed by atoms with Crippen molar-refractivity contribution in [3.63, 3.8) is 0 Å². The molecule has 22 heavy (non-hydrogen) atoms. The standard InChI is InChI=1S/C17H24N4S/c1-3-13(12-18-7-1)11-16-20-15-4-2-8-19-17(15)21(16)14-5-9-22-10-6-14/h2,4,8,13-14,18H,1,3,5-7,9-12H2. The number of hydrogen-bond donors (Lipinski definition) is 1. The molecule has 2 fully saturated rings. The van der Waals surface area contributed by atoms with E-state index >= 15 is 0 Å². The van der Waals surface area contributed by atoms with Crippen molar-refractivity contribution in [2.75, 3.05) is 24.6 Å². The van der Waals surface area contributed by atoms with Gasteiger partial charge in [0.1, 0.15) is 11.3 Å². The molecule has 4 nitrogen and oxygen atoms in total. The first-order chi connectivity index (χ1) is 10.9. The van der Waals surface area contributed by atoms with Crippen LogP contribution in [0.1, 0.15) is 37.5 Å². The molecule has 0 saturated carbocycles. The third-order valence-electron chi connectivity index (χ3n) is 4.95. The predicted molar refractivity (Wildman–Crippen MR) is 92.4 cm³/mol. The fourth-order valence-corrected chi connectivity index (χ4v) is 4.89. The normalized spacial score (nSPS) is 23.9. The largest absolute Gasteiger partial charge is 0.316 e. The Morgan fingerprint density at radius 3 is 3.00 bits per heavy atom. The van der Waals surface area contributed by atoms with E-state index in [0.717, 1.165) is 30.0 Å². The average Bonchev–Trinajstić information content (AvgIpc) is 2.94. The van der Waals surface area contributed by atoms with E-state index in [1.807, 2.05) is 12.3 Å². The number of pyridine rings is 1. The van der Waals surface area contributed by atoms with Crippen LogP contribution in [-0.2, 0) is 6.42 Å². The van der Waals surface area contributed by atoms with Gasteiger partial charge >= 0.3 is 0 Å². The Balaban J connectivity index is 1.68. The molecular weight excluding hydrogens is 292 g/mol. The van der Waals surface area contributed by atoms with Gasteiger partial charge in [-0.05, 0) is 68.3 Å². The van der Waals surface area contributed by atoms with Crippen LogP contribution in [0.2, 0.25) is 0 Å². The summed E-state index contributed by atoms with van der Waals surface area (Å²) in [5.41, 5.74) is 2.16. The predicted octanol–water partition coefficient (Wildman–Crippen LogP) is 3.04. The van der Waals surface area contributed by atoms with E-state index in [2.05, 4.69) is 32.7 Å². The number of nitrogens with one attached hydrogen (secondary N) is 1. The van der Waals surface area contributed by atoms with Crippen LogP contribution in [0.3, 0.4) is 0 Å². The van der Waals surface area contributed by atoms with Crippen LogP contribution in [0, 0.1) is 5.92 Å². The molecule has 0 amide bonds. The number of aromatic nitrogens is 3. The van der Waals surface area contributed by atoms with Crippen LogP contribution in [0.5, 0.6) is 0 Å². The van der Waals surface area contributed by atoms with Crippen molar-refractivity contribution in [2.24, 2.45) is 5.92 Å². The van der Waals surface area contributed by atoms with Gasteiger partial charge in [-0.3, -0.25) is 0 Å². The molecule has 1 N–H and O–H groups in total. The second-order valence-electron chi connectivity index (χ2n) is 6.50. The molecule has 0 spiro atoms. The van der Waals surface area contributed by atoms with Gasteiger partial charge in [-0.15, -0.1) is 0 Å². The summed E-state index contributed by atoms with van der Waals surface area (Å²) in [5, 5.41) is 3.53. The van der Waals surface area contributed by atoms with Gasteiger partial charge in [0.25, 0.3) is 0 Å². The molecule has 2 saturated heterocycles. The third kappa shape index (κ3) is 2.88. The van der Waals surface area contributed by atoms with Gasteiger partial charge in [0.2, 0.25) is 0 Å². The maximum Gasteiger partial charge on any atom is 0.160 e. The molecule has 1 atom stereocenters. The Morgan fingerprint density at radius 2 is 2.18 bits per heavy atom. The number of fused-ring (bicyclic) bond motifs is 1. The second-order valence-corrected chi connectivity index (χ2v) is 7.73. The molecule has 2 aromatic rings. The first-order valence-electron chi connectivity index (χ1n) is 8.52. The van der Waals surface area contributed by atoms with Crippen molar-refractivity contribution >= 4 is 22.9 Å². The van der Waals surface area contributed by atoms with Crippen molar-refractivity contribution in [1.29, 1.82) is 0 Å². The lowest BCUT2D eigenvalue weighted by Crippen LogP contribution is -2.31. The highest BCUT2D eigenvalue weighted by Gasteiger charge is 2.24. The molecular formula is C17H24N4S. The number of hydrogen-bond acceptors (Lipinski definition) is 4. The van der Waals surface area contributed by atoms with Crippen molar-refractivity contribution < 1.29 is 0 Å². The minimum absolute atomic E-state index is 0.590. The second kappa shape index (κ2) is 6.59. The summed E-state index contributed by atoms with van der Waals surface area (Å²) in [6, 6.07) is 4.70. The zero-order valence-corrected chi connectivity index (χ0v) is 13.8. The van der Waals surface area contributed by atoms with Crippen LogP contribution >= 0.6 is 11.8 Å². The van der Waals surface area contributed by atoms with Gasteiger partial charge in [0.15, 0.2) is 5.65 Å². The first-order valence-corrected chi connectivity index (χ1v) is 9.67. The molecule has 2 aromatic heterocycles. The number of rotatable bonds is 3. The highest BCUT2D eigenvalue weighted by Crippen LogP contribution is 2.32. The van der Waals surface area contributed by atoms with E-state index in [1.165, 1.54) is 49.6 Å². The van der Waals surface area contributed by atoms with Crippen molar-refractivity contribution in [1.82, 2.24) is 19.9 Å². The molecule has 4 rings (SSSR count). The minimum atomic E-state index is 0.590. The van der Waals surface area contributed by atoms with Gasteiger partial charge in [0, 0.05) is 18.7 Å². The number of piperidine rings is 1. The fourth-order valence-electron chi connectivity index (χ4n) is 3.80. The lowest BCUT2D eigenvalue weighted by atomic mass is 9.95. The van der Waals surface area contributed by atoms with Crippen LogP contribution < -0.4 is 5.32 Å². The maximum atomic E-state index is 4.95. The SMILES string of the molecule is c1cnc2c(c1)nc(CC1CCCNC1)n2C1CCSCC1. The fraction of sp³-hybridized carbons (Fsp3) is 0.647. The van der Waals surface area contributed by atoms with E-state index in [0.29, 0.717) is 6.04 Å². The smallest absolute Gasteiger partial charge is 0.160 e. The zero-order chi connectivity index (χ0) is 14.8. The number of imidazole rings is 1. The summed E-state index contributed by atoms with van der Waals surface area (Å²) in [5.74, 6) is 4.52.